The van der Waals surface area contributed by atoms with E-state index >= 15 is 0 Å². The van der Waals surface area contributed by atoms with Crippen LogP contribution >= 0.6 is 0 Å². The van der Waals surface area contributed by atoms with Crippen LogP contribution in [0.15, 0.2) is 10.5 Å². The fourth-order valence-electron chi connectivity index (χ4n) is 1.92. The van der Waals surface area contributed by atoms with Crippen LogP contribution in [0.3, 0.4) is 0 Å². The molecule has 112 valence electrons. The average Bonchev–Trinajstić information content (AvgIpc) is 2.67. The highest BCUT2D eigenvalue weighted by Crippen LogP contribution is 2.26. The van der Waals surface area contributed by atoms with Crippen molar-refractivity contribution in [1.82, 2.24) is 4.72 Å². The molecule has 1 unspecified atom stereocenters. The first-order valence-electron chi connectivity index (χ1n) is 6.32. The summed E-state index contributed by atoms with van der Waals surface area (Å²) in [5.41, 5.74) is -0.779. The molecule has 0 aliphatic heterocycles. The Labute approximate surface area is 119 Å². The van der Waals surface area contributed by atoms with Gasteiger partial charge in [0, 0.05) is 18.5 Å². The summed E-state index contributed by atoms with van der Waals surface area (Å²) in [4.78, 5) is 0. The summed E-state index contributed by atoms with van der Waals surface area (Å²) in [6.07, 6.45) is 0.467. The number of hydrogen-bond donors (Lipinski definition) is 2. The van der Waals surface area contributed by atoms with Gasteiger partial charge in [0.05, 0.1) is 11.8 Å². The van der Waals surface area contributed by atoms with Gasteiger partial charge in [0.15, 0.2) is 0 Å². The van der Waals surface area contributed by atoms with Gasteiger partial charge in [0.2, 0.25) is 10.0 Å². The minimum atomic E-state index is -3.49. The van der Waals surface area contributed by atoms with Crippen molar-refractivity contribution < 1.29 is 17.9 Å². The molecule has 1 heterocycles. The van der Waals surface area contributed by atoms with Crippen LogP contribution < -0.4 is 4.72 Å². The number of rotatable bonds is 7. The van der Waals surface area contributed by atoms with Gasteiger partial charge in [0.1, 0.15) is 17.1 Å². The van der Waals surface area contributed by atoms with Gasteiger partial charge in [-0.2, -0.15) is 5.26 Å². The zero-order valence-corrected chi connectivity index (χ0v) is 12.7. The van der Waals surface area contributed by atoms with Crippen LogP contribution in [0.5, 0.6) is 0 Å². The predicted molar refractivity (Wildman–Crippen MR) is 74.4 cm³/mol. The normalized spacial score (nSPS) is 14.8. The summed E-state index contributed by atoms with van der Waals surface area (Å²) >= 11 is 0. The van der Waals surface area contributed by atoms with E-state index in [9.17, 15) is 13.5 Å². The maximum Gasteiger partial charge on any atom is 0.211 e. The first-order chi connectivity index (χ1) is 9.18. The molecule has 0 radical (unpaired) electrons. The van der Waals surface area contributed by atoms with Gasteiger partial charge in [-0.15, -0.1) is 0 Å². The van der Waals surface area contributed by atoms with Gasteiger partial charge < -0.3 is 9.52 Å². The Hall–Kier alpha value is -1.36. The molecule has 6 nitrogen and oxygen atoms in total. The smallest absolute Gasteiger partial charge is 0.211 e. The Morgan fingerprint density at radius 2 is 2.15 bits per heavy atom. The van der Waals surface area contributed by atoms with Gasteiger partial charge in [-0.25, -0.2) is 13.1 Å². The number of nitrogens with zero attached hydrogens (tertiary/aromatic N) is 1. The van der Waals surface area contributed by atoms with E-state index in [0.29, 0.717) is 17.1 Å². The Morgan fingerprint density at radius 1 is 1.50 bits per heavy atom. The van der Waals surface area contributed by atoms with Crippen molar-refractivity contribution in [3.05, 3.63) is 23.2 Å². The van der Waals surface area contributed by atoms with Crippen molar-refractivity contribution in [1.29, 1.82) is 5.26 Å². The number of aryl methyl sites for hydroxylation is 2. The summed E-state index contributed by atoms with van der Waals surface area (Å²) < 4.78 is 31.1. The minimum absolute atomic E-state index is 0.125. The molecule has 1 aromatic rings. The summed E-state index contributed by atoms with van der Waals surface area (Å²) in [6.45, 7) is 4.88. The first kappa shape index (κ1) is 16.7. The molecule has 20 heavy (non-hydrogen) atoms. The summed E-state index contributed by atoms with van der Waals surface area (Å²) in [5.74, 6) is 1.10. The molecule has 1 rings (SSSR count). The van der Waals surface area contributed by atoms with Gasteiger partial charge in [-0.05, 0) is 33.3 Å². The highest BCUT2D eigenvalue weighted by molar-refractivity contribution is 7.89. The molecule has 0 bridgehead atoms. The zero-order valence-electron chi connectivity index (χ0n) is 11.9. The van der Waals surface area contributed by atoms with Crippen molar-refractivity contribution in [2.24, 2.45) is 0 Å². The molecule has 0 saturated heterocycles. The van der Waals surface area contributed by atoms with Gasteiger partial charge in [-0.1, -0.05) is 0 Å². The molecule has 0 aromatic carbocycles. The van der Waals surface area contributed by atoms with Gasteiger partial charge in [-0.3, -0.25) is 0 Å². The number of nitrogens with one attached hydrogen (secondary N) is 1. The van der Waals surface area contributed by atoms with Crippen LogP contribution in [0.1, 0.15) is 36.8 Å². The Morgan fingerprint density at radius 3 is 2.65 bits per heavy atom. The van der Waals surface area contributed by atoms with E-state index in [1.807, 2.05) is 6.07 Å². The number of unbranched alkanes of at least 4 members (excludes halogenated alkanes) is 1. The van der Waals surface area contributed by atoms with E-state index in [2.05, 4.69) is 4.72 Å². The largest absolute Gasteiger partial charge is 0.466 e. The van der Waals surface area contributed by atoms with Crippen molar-refractivity contribution in [3.8, 4) is 6.07 Å². The summed E-state index contributed by atoms with van der Waals surface area (Å²) in [5, 5.41) is 18.8. The molecular weight excluding hydrogens is 280 g/mol. The van der Waals surface area contributed by atoms with E-state index in [1.165, 1.54) is 6.92 Å². The van der Waals surface area contributed by atoms with E-state index in [1.54, 1.807) is 19.9 Å². The number of sulfonamides is 1. The molecule has 0 spiro atoms. The Bertz CT molecular complexity index is 596. The third-order valence-electron chi connectivity index (χ3n) is 2.96. The third kappa shape index (κ3) is 4.63. The number of nitriles is 1. The summed E-state index contributed by atoms with van der Waals surface area (Å²) in [6, 6.07) is 3.59. The van der Waals surface area contributed by atoms with Crippen LogP contribution in [0.25, 0.3) is 0 Å². The topological polar surface area (TPSA) is 103 Å². The lowest BCUT2D eigenvalue weighted by Crippen LogP contribution is -2.39. The maximum atomic E-state index is 11.7. The predicted octanol–water partition coefficient (Wildman–Crippen LogP) is 1.33. The lowest BCUT2D eigenvalue weighted by molar-refractivity contribution is 0.0612. The third-order valence-corrected chi connectivity index (χ3v) is 4.37. The van der Waals surface area contributed by atoms with Crippen molar-refractivity contribution in [2.45, 2.75) is 39.2 Å². The maximum absolute atomic E-state index is 11.7. The van der Waals surface area contributed by atoms with Crippen LogP contribution in [-0.2, 0) is 15.6 Å². The van der Waals surface area contributed by atoms with E-state index < -0.39 is 15.6 Å². The molecule has 2 N–H and O–H groups in total. The van der Waals surface area contributed by atoms with Crippen LogP contribution in [-0.4, -0.2) is 25.8 Å². The standard InChI is InChI=1S/C13H20N2O4S/c1-10-8-12(11(2)19-10)13(3,16)9-15-20(17,18)7-5-4-6-14/h8,15-16H,4-5,7,9H2,1-3H3. The van der Waals surface area contributed by atoms with Crippen LogP contribution in [0, 0.1) is 25.2 Å². The number of hydrogen-bond acceptors (Lipinski definition) is 5. The van der Waals surface area contributed by atoms with Crippen molar-refractivity contribution in [2.75, 3.05) is 12.3 Å². The average molecular weight is 300 g/mol. The molecule has 0 aliphatic carbocycles. The molecule has 0 fully saturated rings. The lowest BCUT2D eigenvalue weighted by Gasteiger charge is -2.23. The Balaban J connectivity index is 2.68. The SMILES string of the molecule is Cc1cc(C(C)(O)CNS(=O)(=O)CCCC#N)c(C)o1. The fourth-order valence-corrected chi connectivity index (χ4v) is 3.09. The highest BCUT2D eigenvalue weighted by Gasteiger charge is 2.29. The molecule has 1 atom stereocenters. The van der Waals surface area contributed by atoms with Crippen LogP contribution in [0.2, 0.25) is 0 Å². The second-order valence-corrected chi connectivity index (χ2v) is 6.93. The quantitative estimate of drug-likeness (QED) is 0.739. The second-order valence-electron chi connectivity index (χ2n) is 5.00. The van der Waals surface area contributed by atoms with Gasteiger partial charge in [0.25, 0.3) is 0 Å². The highest BCUT2D eigenvalue weighted by atomic mass is 32.2. The minimum Gasteiger partial charge on any atom is -0.466 e. The Kier molecular flexibility index (Phi) is 5.34. The molecule has 0 amide bonds. The lowest BCUT2D eigenvalue weighted by atomic mass is 9.97. The van der Waals surface area contributed by atoms with Crippen LogP contribution in [0.4, 0.5) is 0 Å². The van der Waals surface area contributed by atoms with Crippen molar-refractivity contribution >= 4 is 10.0 Å². The second kappa shape index (κ2) is 6.39. The zero-order chi connectivity index (χ0) is 15.4. The molecule has 0 saturated carbocycles. The molecule has 0 aliphatic rings. The first-order valence-corrected chi connectivity index (χ1v) is 7.97. The van der Waals surface area contributed by atoms with Gasteiger partial charge >= 0.3 is 0 Å². The fraction of sp³-hybridized carbons (Fsp3) is 0.615. The number of furan rings is 1. The van der Waals surface area contributed by atoms with Crippen molar-refractivity contribution in [3.63, 3.8) is 0 Å². The monoisotopic (exact) mass is 300 g/mol. The summed E-state index contributed by atoms with van der Waals surface area (Å²) in [7, 11) is -3.49. The van der Waals surface area contributed by atoms with E-state index in [0.717, 1.165) is 0 Å². The molecular formula is C13H20N2O4S. The van der Waals surface area contributed by atoms with E-state index in [4.69, 9.17) is 9.68 Å². The molecule has 1 aromatic heterocycles. The number of aliphatic hydroxyl groups is 1. The molecule has 7 heteroatoms. The van der Waals surface area contributed by atoms with E-state index in [-0.39, 0.29) is 25.1 Å².